The van der Waals surface area contributed by atoms with Crippen LogP contribution in [-0.4, -0.2) is 19.7 Å². The predicted molar refractivity (Wildman–Crippen MR) is 53.5 cm³/mol. The number of nitrogens with zero attached hydrogens (tertiary/aromatic N) is 3. The average Bonchev–Trinajstić information content (AvgIpc) is 2.88. The second kappa shape index (κ2) is 3.29. The Morgan fingerprint density at radius 1 is 1.57 bits per heavy atom. The van der Waals surface area contributed by atoms with E-state index in [9.17, 15) is 0 Å². The van der Waals surface area contributed by atoms with Crippen molar-refractivity contribution in [3.63, 3.8) is 0 Å². The molecule has 0 aliphatic rings. The van der Waals surface area contributed by atoms with E-state index in [0.717, 1.165) is 12.2 Å². The highest BCUT2D eigenvalue weighted by Gasteiger charge is 2.29. The van der Waals surface area contributed by atoms with Crippen LogP contribution in [-0.2, 0) is 5.54 Å². The largest absolute Gasteiger partial charge is 0.347 e. The summed E-state index contributed by atoms with van der Waals surface area (Å²) >= 11 is 0. The van der Waals surface area contributed by atoms with Crippen molar-refractivity contribution in [1.29, 1.82) is 0 Å². The van der Waals surface area contributed by atoms with Crippen molar-refractivity contribution in [2.75, 3.05) is 0 Å². The molecule has 1 atom stereocenters. The molecule has 0 aliphatic carbocycles. The minimum absolute atomic E-state index is 0.424. The van der Waals surface area contributed by atoms with E-state index < -0.39 is 5.54 Å². The molecule has 2 heterocycles. The van der Waals surface area contributed by atoms with Crippen LogP contribution in [0.2, 0.25) is 0 Å². The summed E-state index contributed by atoms with van der Waals surface area (Å²) in [5.41, 5.74) is -0.424. The van der Waals surface area contributed by atoms with E-state index in [2.05, 4.69) is 28.9 Å². The van der Waals surface area contributed by atoms with Crippen molar-refractivity contribution < 1.29 is 0 Å². The molecule has 0 bridgehead atoms. The van der Waals surface area contributed by atoms with E-state index in [4.69, 9.17) is 0 Å². The topological polar surface area (TPSA) is 46.5 Å². The number of H-pyrrole nitrogens is 1. The summed E-state index contributed by atoms with van der Waals surface area (Å²) in [6, 6.07) is 1.89. The summed E-state index contributed by atoms with van der Waals surface area (Å²) in [6.07, 6.45) is 8.02. The molecule has 14 heavy (non-hydrogen) atoms. The van der Waals surface area contributed by atoms with Crippen LogP contribution in [0.5, 0.6) is 0 Å². The molecule has 0 aromatic carbocycles. The van der Waals surface area contributed by atoms with Crippen molar-refractivity contribution in [3.05, 3.63) is 43.6 Å². The zero-order valence-corrected chi connectivity index (χ0v) is 8.14. The lowest BCUT2D eigenvalue weighted by Crippen LogP contribution is -2.32. The Morgan fingerprint density at radius 2 is 2.43 bits per heavy atom. The molecule has 0 aliphatic heterocycles. The van der Waals surface area contributed by atoms with Gasteiger partial charge in [-0.3, -0.25) is 4.68 Å². The summed E-state index contributed by atoms with van der Waals surface area (Å²) in [6.45, 7) is 6.25. The Kier molecular flexibility index (Phi) is 2.11. The maximum absolute atomic E-state index is 4.24. The number of aromatic amines is 1. The van der Waals surface area contributed by atoms with Crippen LogP contribution >= 0.6 is 0 Å². The standard InChI is InChI=1S/C10H13N4/c1-3-10(2,9-11-6-7-12-9)14-8-4-5-13-14/h4-8H,2-3H2,1H3,(H,11,12). The van der Waals surface area contributed by atoms with Crippen molar-refractivity contribution in [2.24, 2.45) is 0 Å². The van der Waals surface area contributed by atoms with Gasteiger partial charge in [0.25, 0.3) is 0 Å². The van der Waals surface area contributed by atoms with Gasteiger partial charge in [0.05, 0.1) is 0 Å². The highest BCUT2D eigenvalue weighted by molar-refractivity contribution is 5.11. The SMILES string of the molecule is [CH2]C(CC)(c1ncc[nH]1)n1cccn1. The molecule has 0 amide bonds. The minimum Gasteiger partial charge on any atom is -0.347 e. The Bertz CT molecular complexity index is 340. The Labute approximate surface area is 83.0 Å². The van der Waals surface area contributed by atoms with E-state index in [1.807, 2.05) is 16.9 Å². The van der Waals surface area contributed by atoms with Crippen molar-refractivity contribution in [1.82, 2.24) is 19.7 Å². The smallest absolute Gasteiger partial charge is 0.134 e. The summed E-state index contributed by atoms with van der Waals surface area (Å²) in [4.78, 5) is 7.32. The molecule has 0 fully saturated rings. The van der Waals surface area contributed by atoms with Crippen LogP contribution in [0.3, 0.4) is 0 Å². The van der Waals surface area contributed by atoms with Crippen LogP contribution in [0.15, 0.2) is 30.9 Å². The van der Waals surface area contributed by atoms with Crippen LogP contribution in [0.1, 0.15) is 19.2 Å². The molecule has 4 heteroatoms. The lowest BCUT2D eigenvalue weighted by Gasteiger charge is -2.26. The van der Waals surface area contributed by atoms with E-state index in [0.29, 0.717) is 0 Å². The molecule has 4 nitrogen and oxygen atoms in total. The lowest BCUT2D eigenvalue weighted by atomic mass is 9.98. The summed E-state index contributed by atoms with van der Waals surface area (Å²) < 4.78 is 1.83. The normalized spacial score (nSPS) is 15.3. The lowest BCUT2D eigenvalue weighted by molar-refractivity contribution is 0.367. The Balaban J connectivity index is 2.45. The van der Waals surface area contributed by atoms with Crippen molar-refractivity contribution in [3.8, 4) is 0 Å². The number of rotatable bonds is 3. The van der Waals surface area contributed by atoms with Crippen LogP contribution in [0.4, 0.5) is 0 Å². The molecule has 1 N–H and O–H groups in total. The van der Waals surface area contributed by atoms with Gasteiger partial charge < -0.3 is 4.98 Å². The van der Waals surface area contributed by atoms with Gasteiger partial charge in [-0.15, -0.1) is 0 Å². The van der Waals surface area contributed by atoms with E-state index in [-0.39, 0.29) is 0 Å². The van der Waals surface area contributed by atoms with Crippen LogP contribution < -0.4 is 0 Å². The second-order valence-corrected chi connectivity index (χ2v) is 3.27. The monoisotopic (exact) mass is 189 g/mol. The average molecular weight is 189 g/mol. The third-order valence-corrected chi connectivity index (χ3v) is 2.47. The van der Waals surface area contributed by atoms with Crippen LogP contribution in [0, 0.1) is 6.92 Å². The van der Waals surface area contributed by atoms with E-state index in [1.165, 1.54) is 0 Å². The molecular formula is C10H13N4. The fourth-order valence-electron chi connectivity index (χ4n) is 1.48. The van der Waals surface area contributed by atoms with Crippen molar-refractivity contribution in [2.45, 2.75) is 18.9 Å². The fourth-order valence-corrected chi connectivity index (χ4v) is 1.48. The summed E-state index contributed by atoms with van der Waals surface area (Å²) in [5, 5.41) is 4.21. The van der Waals surface area contributed by atoms with Gasteiger partial charge in [0, 0.05) is 24.8 Å². The fraction of sp³-hybridized carbons (Fsp3) is 0.300. The highest BCUT2D eigenvalue weighted by atomic mass is 15.3. The zero-order valence-electron chi connectivity index (χ0n) is 8.14. The minimum atomic E-state index is -0.424. The molecule has 73 valence electrons. The summed E-state index contributed by atoms with van der Waals surface area (Å²) in [5.74, 6) is 0.837. The first kappa shape index (κ1) is 8.99. The maximum Gasteiger partial charge on any atom is 0.134 e. The van der Waals surface area contributed by atoms with Gasteiger partial charge in [0.1, 0.15) is 11.4 Å². The number of hydrogen-bond donors (Lipinski definition) is 1. The molecule has 2 rings (SSSR count). The van der Waals surface area contributed by atoms with E-state index >= 15 is 0 Å². The third-order valence-electron chi connectivity index (χ3n) is 2.47. The molecule has 0 saturated carbocycles. The van der Waals surface area contributed by atoms with Gasteiger partial charge in [-0.2, -0.15) is 5.10 Å². The Hall–Kier alpha value is -1.58. The first-order chi connectivity index (χ1) is 6.77. The number of imidazole rings is 1. The number of nitrogens with one attached hydrogen (secondary N) is 1. The first-order valence-electron chi connectivity index (χ1n) is 4.62. The molecule has 1 unspecified atom stereocenters. The number of aromatic nitrogens is 4. The van der Waals surface area contributed by atoms with E-state index in [1.54, 1.807) is 18.6 Å². The van der Waals surface area contributed by atoms with Crippen LogP contribution in [0.25, 0.3) is 0 Å². The number of hydrogen-bond acceptors (Lipinski definition) is 2. The van der Waals surface area contributed by atoms with Gasteiger partial charge >= 0.3 is 0 Å². The van der Waals surface area contributed by atoms with Gasteiger partial charge in [0.15, 0.2) is 0 Å². The van der Waals surface area contributed by atoms with Gasteiger partial charge in [-0.25, -0.2) is 4.98 Å². The molecule has 0 saturated heterocycles. The third kappa shape index (κ3) is 1.23. The Morgan fingerprint density at radius 3 is 2.93 bits per heavy atom. The quantitative estimate of drug-likeness (QED) is 0.797. The first-order valence-corrected chi connectivity index (χ1v) is 4.62. The van der Waals surface area contributed by atoms with Gasteiger partial charge in [-0.05, 0) is 19.4 Å². The summed E-state index contributed by atoms with van der Waals surface area (Å²) in [7, 11) is 0. The highest BCUT2D eigenvalue weighted by Crippen LogP contribution is 2.24. The predicted octanol–water partition coefficient (Wildman–Crippen LogP) is 1.59. The van der Waals surface area contributed by atoms with Gasteiger partial charge in [0.2, 0.25) is 0 Å². The molecule has 0 spiro atoms. The zero-order chi connectivity index (χ0) is 10.0. The molecular weight excluding hydrogens is 176 g/mol. The maximum atomic E-state index is 4.24. The molecule has 2 aromatic heterocycles. The second-order valence-electron chi connectivity index (χ2n) is 3.27. The molecule has 2 aromatic rings. The molecule has 1 radical (unpaired) electrons. The van der Waals surface area contributed by atoms with Crippen molar-refractivity contribution >= 4 is 0 Å². The van der Waals surface area contributed by atoms with Gasteiger partial charge in [-0.1, -0.05) is 6.92 Å².